The van der Waals surface area contributed by atoms with Crippen molar-refractivity contribution in [2.24, 2.45) is 5.73 Å². The number of carbonyl (C=O) groups is 1. The lowest BCUT2D eigenvalue weighted by Gasteiger charge is -2.30. The van der Waals surface area contributed by atoms with E-state index in [1.54, 1.807) is 6.92 Å². The van der Waals surface area contributed by atoms with Crippen LogP contribution in [0.1, 0.15) is 44.7 Å². The van der Waals surface area contributed by atoms with Crippen LogP contribution in [-0.4, -0.2) is 36.0 Å². The Labute approximate surface area is 127 Å². The van der Waals surface area contributed by atoms with E-state index in [0.717, 1.165) is 13.1 Å². The Morgan fingerprint density at radius 3 is 2.52 bits per heavy atom. The molecule has 116 valence electrons. The summed E-state index contributed by atoms with van der Waals surface area (Å²) in [5, 5.41) is 3.04. The first-order valence-corrected chi connectivity index (χ1v) is 7.91. The number of rotatable bonds is 6. The number of carbonyl (C=O) groups excluding carboxylic acids is 1. The van der Waals surface area contributed by atoms with Crippen LogP contribution in [0, 0.1) is 0 Å². The Morgan fingerprint density at radius 2 is 1.95 bits per heavy atom. The first-order valence-electron chi connectivity index (χ1n) is 7.91. The average molecular weight is 289 g/mol. The average Bonchev–Trinajstić information content (AvgIpc) is 3.02. The Balaban J connectivity index is 2.05. The molecule has 0 spiro atoms. The topological polar surface area (TPSA) is 58.4 Å². The molecule has 1 aliphatic heterocycles. The Morgan fingerprint density at radius 1 is 1.33 bits per heavy atom. The maximum Gasteiger partial charge on any atom is 0.239 e. The maximum absolute atomic E-state index is 12.2. The molecule has 2 rings (SSSR count). The van der Waals surface area contributed by atoms with Crippen molar-refractivity contribution in [1.29, 1.82) is 0 Å². The van der Waals surface area contributed by atoms with Crippen LogP contribution in [0.5, 0.6) is 0 Å². The van der Waals surface area contributed by atoms with Gasteiger partial charge >= 0.3 is 0 Å². The molecular formula is C17H27N3O. The molecule has 4 heteroatoms. The van der Waals surface area contributed by atoms with E-state index in [2.05, 4.69) is 34.5 Å². The van der Waals surface area contributed by atoms with Crippen molar-refractivity contribution in [3.63, 3.8) is 0 Å². The van der Waals surface area contributed by atoms with E-state index in [0.29, 0.717) is 13.0 Å². The van der Waals surface area contributed by atoms with Crippen LogP contribution in [-0.2, 0) is 4.79 Å². The lowest BCUT2D eigenvalue weighted by atomic mass is 9.99. The van der Waals surface area contributed by atoms with Gasteiger partial charge in [0.2, 0.25) is 5.91 Å². The minimum atomic E-state index is -0.785. The van der Waals surface area contributed by atoms with E-state index in [-0.39, 0.29) is 11.9 Å². The van der Waals surface area contributed by atoms with Gasteiger partial charge in [-0.3, -0.25) is 9.69 Å². The lowest BCUT2D eigenvalue weighted by molar-refractivity contribution is -0.126. The number of hydrogen-bond donors (Lipinski definition) is 2. The zero-order valence-electron chi connectivity index (χ0n) is 13.1. The molecule has 0 bridgehead atoms. The molecular weight excluding hydrogens is 262 g/mol. The van der Waals surface area contributed by atoms with Crippen molar-refractivity contribution in [2.45, 2.75) is 44.7 Å². The summed E-state index contributed by atoms with van der Waals surface area (Å²) in [5.41, 5.74) is 6.49. The molecule has 1 amide bonds. The number of benzene rings is 1. The fraction of sp³-hybridized carbons (Fsp3) is 0.588. The van der Waals surface area contributed by atoms with Gasteiger partial charge in [0, 0.05) is 6.54 Å². The van der Waals surface area contributed by atoms with Crippen molar-refractivity contribution < 1.29 is 4.79 Å². The summed E-state index contributed by atoms with van der Waals surface area (Å²) in [6.45, 7) is 6.55. The molecule has 2 unspecified atom stereocenters. The van der Waals surface area contributed by atoms with Gasteiger partial charge in [-0.05, 0) is 44.8 Å². The van der Waals surface area contributed by atoms with Crippen molar-refractivity contribution in [1.82, 2.24) is 10.2 Å². The van der Waals surface area contributed by atoms with Crippen molar-refractivity contribution in [3.8, 4) is 0 Å². The molecule has 4 nitrogen and oxygen atoms in total. The van der Waals surface area contributed by atoms with E-state index in [1.165, 1.54) is 18.4 Å². The zero-order chi connectivity index (χ0) is 15.3. The predicted octanol–water partition coefficient (Wildman–Crippen LogP) is 2.07. The van der Waals surface area contributed by atoms with Crippen LogP contribution in [0.3, 0.4) is 0 Å². The highest BCUT2D eigenvalue weighted by molar-refractivity contribution is 5.85. The quantitative estimate of drug-likeness (QED) is 0.843. The van der Waals surface area contributed by atoms with E-state index < -0.39 is 5.54 Å². The molecule has 0 radical (unpaired) electrons. The Kier molecular flexibility index (Phi) is 5.37. The van der Waals surface area contributed by atoms with E-state index >= 15 is 0 Å². The van der Waals surface area contributed by atoms with Gasteiger partial charge in [0.05, 0.1) is 11.6 Å². The zero-order valence-corrected chi connectivity index (χ0v) is 13.1. The van der Waals surface area contributed by atoms with Crippen molar-refractivity contribution in [3.05, 3.63) is 35.9 Å². The highest BCUT2D eigenvalue weighted by Crippen LogP contribution is 2.24. The number of nitrogens with one attached hydrogen (secondary N) is 1. The number of nitrogens with two attached hydrogens (primary N) is 1. The second-order valence-corrected chi connectivity index (χ2v) is 6.15. The molecule has 1 fully saturated rings. The van der Waals surface area contributed by atoms with E-state index in [9.17, 15) is 4.79 Å². The van der Waals surface area contributed by atoms with Gasteiger partial charge in [0.15, 0.2) is 0 Å². The smallest absolute Gasteiger partial charge is 0.239 e. The summed E-state index contributed by atoms with van der Waals surface area (Å²) in [5.74, 6) is -0.0647. The van der Waals surface area contributed by atoms with Crippen LogP contribution >= 0.6 is 0 Å². The van der Waals surface area contributed by atoms with E-state index in [1.807, 2.05) is 13.0 Å². The third-order valence-electron chi connectivity index (χ3n) is 4.47. The summed E-state index contributed by atoms with van der Waals surface area (Å²) >= 11 is 0. The van der Waals surface area contributed by atoms with Gasteiger partial charge in [0.1, 0.15) is 0 Å². The van der Waals surface area contributed by atoms with Crippen LogP contribution in [0.2, 0.25) is 0 Å². The molecule has 1 saturated heterocycles. The molecule has 21 heavy (non-hydrogen) atoms. The summed E-state index contributed by atoms with van der Waals surface area (Å²) in [6.07, 6.45) is 3.11. The molecule has 1 aromatic carbocycles. The maximum atomic E-state index is 12.2. The molecule has 1 aliphatic rings. The molecule has 0 aliphatic carbocycles. The van der Waals surface area contributed by atoms with Crippen LogP contribution in [0.4, 0.5) is 0 Å². The Bertz CT molecular complexity index is 452. The van der Waals surface area contributed by atoms with Crippen LogP contribution in [0.25, 0.3) is 0 Å². The molecule has 1 heterocycles. The fourth-order valence-corrected chi connectivity index (χ4v) is 2.74. The van der Waals surface area contributed by atoms with Gasteiger partial charge in [-0.25, -0.2) is 0 Å². The van der Waals surface area contributed by atoms with Crippen LogP contribution in [0.15, 0.2) is 30.3 Å². The Hall–Kier alpha value is -1.39. The third-order valence-corrected chi connectivity index (χ3v) is 4.47. The molecule has 2 atom stereocenters. The van der Waals surface area contributed by atoms with Gasteiger partial charge in [-0.15, -0.1) is 0 Å². The summed E-state index contributed by atoms with van der Waals surface area (Å²) < 4.78 is 0. The molecule has 3 N–H and O–H groups in total. The fourth-order valence-electron chi connectivity index (χ4n) is 2.74. The summed E-state index contributed by atoms with van der Waals surface area (Å²) in [6, 6.07) is 10.6. The van der Waals surface area contributed by atoms with Gasteiger partial charge in [0.25, 0.3) is 0 Å². The highest BCUT2D eigenvalue weighted by Gasteiger charge is 2.28. The van der Waals surface area contributed by atoms with Crippen molar-refractivity contribution in [2.75, 3.05) is 19.6 Å². The molecule has 0 aromatic heterocycles. The molecule has 0 saturated carbocycles. The minimum Gasteiger partial charge on any atom is -0.353 e. The SMILES string of the molecule is CCC(C)(N)C(=O)NCC(c1ccccc1)N1CCCC1. The second kappa shape index (κ2) is 7.05. The standard InChI is InChI=1S/C17H27N3O/c1-3-17(2,18)16(21)19-13-15(20-11-7-8-12-20)14-9-5-4-6-10-14/h4-6,9-10,15H,3,7-8,11-13,18H2,1-2H3,(H,19,21). The monoisotopic (exact) mass is 289 g/mol. The third kappa shape index (κ3) is 4.05. The number of likely N-dealkylation sites (tertiary alicyclic amines) is 1. The number of nitrogens with zero attached hydrogens (tertiary/aromatic N) is 1. The van der Waals surface area contributed by atoms with Crippen LogP contribution < -0.4 is 11.1 Å². The first-order chi connectivity index (χ1) is 10.0. The molecule has 1 aromatic rings. The summed E-state index contributed by atoms with van der Waals surface area (Å²) in [4.78, 5) is 14.6. The van der Waals surface area contributed by atoms with Gasteiger partial charge in [-0.1, -0.05) is 37.3 Å². The van der Waals surface area contributed by atoms with Gasteiger partial charge < -0.3 is 11.1 Å². The predicted molar refractivity (Wildman–Crippen MR) is 85.9 cm³/mol. The normalized spacial score (nSPS) is 20.0. The lowest BCUT2D eigenvalue weighted by Crippen LogP contribution is -2.52. The highest BCUT2D eigenvalue weighted by atomic mass is 16.2. The van der Waals surface area contributed by atoms with Crippen molar-refractivity contribution >= 4 is 5.91 Å². The number of amides is 1. The minimum absolute atomic E-state index is 0.0647. The number of hydrogen-bond acceptors (Lipinski definition) is 3. The summed E-state index contributed by atoms with van der Waals surface area (Å²) in [7, 11) is 0. The first kappa shape index (κ1) is 16.0. The second-order valence-electron chi connectivity index (χ2n) is 6.15. The largest absolute Gasteiger partial charge is 0.353 e. The van der Waals surface area contributed by atoms with E-state index in [4.69, 9.17) is 5.73 Å². The van der Waals surface area contributed by atoms with Gasteiger partial charge in [-0.2, -0.15) is 0 Å².